The summed E-state index contributed by atoms with van der Waals surface area (Å²) >= 11 is 0. The van der Waals surface area contributed by atoms with E-state index in [0.717, 1.165) is 82.4 Å². The second kappa shape index (κ2) is 12.6. The fraction of sp³-hybridized carbons (Fsp3) is 0.577. The molecule has 1 atom stereocenters. The average Bonchev–Trinajstić information content (AvgIpc) is 2.90. The van der Waals surface area contributed by atoms with Gasteiger partial charge in [0.05, 0.1) is 13.2 Å². The molecule has 1 aromatic carbocycles. The number of nitrogens with zero attached hydrogens (tertiary/aromatic N) is 4. The van der Waals surface area contributed by atoms with Gasteiger partial charge in [-0.2, -0.15) is 0 Å². The second-order valence-corrected chi connectivity index (χ2v) is 9.22. The number of carbonyl (C=O) groups excluding carboxylic acids is 1. The molecule has 2 aliphatic heterocycles. The van der Waals surface area contributed by atoms with Crippen molar-refractivity contribution in [3.63, 3.8) is 0 Å². The number of benzene rings is 1. The lowest BCUT2D eigenvalue weighted by Gasteiger charge is -2.33. The molecule has 8 heteroatoms. The first-order chi connectivity index (χ1) is 16.7. The maximum Gasteiger partial charge on any atom is 0.220 e. The van der Waals surface area contributed by atoms with Crippen LogP contribution in [0.5, 0.6) is 0 Å². The first kappa shape index (κ1) is 24.3. The maximum atomic E-state index is 12.5. The van der Waals surface area contributed by atoms with Crippen LogP contribution in [0.25, 0.3) is 0 Å². The van der Waals surface area contributed by atoms with E-state index >= 15 is 0 Å². The monoisotopic (exact) mass is 466 g/mol. The number of morpholine rings is 1. The van der Waals surface area contributed by atoms with Crippen LogP contribution in [-0.4, -0.2) is 61.8 Å². The fourth-order valence-corrected chi connectivity index (χ4v) is 4.65. The van der Waals surface area contributed by atoms with Gasteiger partial charge in [0.2, 0.25) is 5.91 Å². The minimum absolute atomic E-state index is 0.127. The summed E-state index contributed by atoms with van der Waals surface area (Å²) in [6.45, 7) is 9.02. The Morgan fingerprint density at radius 3 is 2.74 bits per heavy atom. The maximum absolute atomic E-state index is 12.5. The Morgan fingerprint density at radius 2 is 1.94 bits per heavy atom. The van der Waals surface area contributed by atoms with Crippen molar-refractivity contribution in [3.05, 3.63) is 42.2 Å². The molecule has 0 spiro atoms. The van der Waals surface area contributed by atoms with Crippen molar-refractivity contribution in [1.82, 2.24) is 15.3 Å². The van der Waals surface area contributed by atoms with Crippen molar-refractivity contribution in [2.45, 2.75) is 45.6 Å². The molecule has 2 saturated heterocycles. The third-order valence-electron chi connectivity index (χ3n) is 6.63. The van der Waals surface area contributed by atoms with Crippen LogP contribution in [0.3, 0.4) is 0 Å². The van der Waals surface area contributed by atoms with Crippen LogP contribution in [0.2, 0.25) is 0 Å². The van der Waals surface area contributed by atoms with Gasteiger partial charge in [-0.1, -0.05) is 19.1 Å². The molecule has 0 aliphatic carbocycles. The Bertz CT molecular complexity index is 900. The highest BCUT2D eigenvalue weighted by Crippen LogP contribution is 2.25. The summed E-state index contributed by atoms with van der Waals surface area (Å²) in [6, 6.07) is 10.5. The molecule has 1 aromatic heterocycles. The number of anilines is 3. The first-order valence-electron chi connectivity index (χ1n) is 12.7. The molecule has 184 valence electrons. The number of ether oxygens (including phenoxy) is 1. The van der Waals surface area contributed by atoms with Crippen molar-refractivity contribution in [3.8, 4) is 0 Å². The van der Waals surface area contributed by atoms with Gasteiger partial charge in [-0.3, -0.25) is 4.79 Å². The van der Waals surface area contributed by atoms with Gasteiger partial charge < -0.3 is 25.2 Å². The number of hydrogen-bond acceptors (Lipinski definition) is 7. The summed E-state index contributed by atoms with van der Waals surface area (Å²) in [7, 11) is 0. The third-order valence-corrected chi connectivity index (χ3v) is 6.63. The zero-order chi connectivity index (χ0) is 23.6. The number of piperidine rings is 1. The Hall–Kier alpha value is -2.87. The quantitative estimate of drug-likeness (QED) is 0.555. The van der Waals surface area contributed by atoms with Gasteiger partial charge in [0.25, 0.3) is 0 Å². The molecule has 4 rings (SSSR count). The number of nitrogens with one attached hydrogen (secondary N) is 2. The largest absolute Gasteiger partial charge is 0.378 e. The summed E-state index contributed by atoms with van der Waals surface area (Å²) in [4.78, 5) is 26.0. The topological polar surface area (TPSA) is 82.6 Å². The molecule has 1 amide bonds. The van der Waals surface area contributed by atoms with Crippen LogP contribution >= 0.6 is 0 Å². The number of aromatic nitrogens is 2. The minimum atomic E-state index is 0.127. The van der Waals surface area contributed by atoms with E-state index in [1.807, 2.05) is 6.07 Å². The average molecular weight is 467 g/mol. The lowest BCUT2D eigenvalue weighted by Crippen LogP contribution is -2.36. The van der Waals surface area contributed by atoms with Gasteiger partial charge in [-0.05, 0) is 49.3 Å². The summed E-state index contributed by atoms with van der Waals surface area (Å²) in [5, 5.41) is 6.43. The SMILES string of the molecule is CCCNc1cc(N2CCC[C@H](CCC(=O)NCc3ccc(N4CCOCC4)cc3)C2)ncn1. The molecule has 2 N–H and O–H groups in total. The smallest absolute Gasteiger partial charge is 0.220 e. The molecule has 34 heavy (non-hydrogen) atoms. The number of carbonyl (C=O) groups is 1. The lowest BCUT2D eigenvalue weighted by atomic mass is 9.93. The standard InChI is InChI=1S/C26H38N6O2/c1-2-11-27-24-17-25(30-20-29-24)32-12-3-4-22(19-32)7-10-26(33)28-18-21-5-8-23(9-6-21)31-13-15-34-16-14-31/h5-6,8-9,17,20,22H,2-4,7,10-16,18-19H2,1H3,(H,28,33)(H,27,29,30)/t22-/m1/s1. The van der Waals surface area contributed by atoms with Crippen molar-refractivity contribution in [1.29, 1.82) is 0 Å². The normalized spacial score (nSPS) is 18.6. The lowest BCUT2D eigenvalue weighted by molar-refractivity contribution is -0.121. The number of rotatable bonds is 10. The van der Waals surface area contributed by atoms with Crippen LogP contribution in [0, 0.1) is 5.92 Å². The van der Waals surface area contributed by atoms with E-state index in [4.69, 9.17) is 4.74 Å². The van der Waals surface area contributed by atoms with Crippen molar-refractivity contribution in [2.75, 3.05) is 61.1 Å². The van der Waals surface area contributed by atoms with Gasteiger partial charge in [0.15, 0.2) is 0 Å². The molecule has 2 aliphatic rings. The Labute approximate surface area is 203 Å². The first-order valence-corrected chi connectivity index (χ1v) is 12.7. The highest BCUT2D eigenvalue weighted by Gasteiger charge is 2.22. The van der Waals surface area contributed by atoms with E-state index in [-0.39, 0.29) is 5.91 Å². The molecule has 2 aromatic rings. The molecule has 8 nitrogen and oxygen atoms in total. The van der Waals surface area contributed by atoms with Crippen LogP contribution < -0.4 is 20.4 Å². The molecule has 2 fully saturated rings. The highest BCUT2D eigenvalue weighted by molar-refractivity contribution is 5.75. The van der Waals surface area contributed by atoms with E-state index in [9.17, 15) is 4.79 Å². The minimum Gasteiger partial charge on any atom is -0.378 e. The van der Waals surface area contributed by atoms with Crippen LogP contribution in [0.1, 0.15) is 44.6 Å². The predicted molar refractivity (Wildman–Crippen MR) is 136 cm³/mol. The van der Waals surface area contributed by atoms with E-state index in [1.165, 1.54) is 12.1 Å². The molecule has 0 saturated carbocycles. The fourth-order valence-electron chi connectivity index (χ4n) is 4.65. The Morgan fingerprint density at radius 1 is 1.12 bits per heavy atom. The predicted octanol–water partition coefficient (Wildman–Crippen LogP) is 3.45. The van der Waals surface area contributed by atoms with Crippen molar-refractivity contribution < 1.29 is 9.53 Å². The van der Waals surface area contributed by atoms with Crippen LogP contribution in [0.15, 0.2) is 36.7 Å². The van der Waals surface area contributed by atoms with E-state index in [1.54, 1.807) is 6.33 Å². The molecule has 0 unspecified atom stereocenters. The number of hydrogen-bond donors (Lipinski definition) is 2. The van der Waals surface area contributed by atoms with Crippen molar-refractivity contribution in [2.24, 2.45) is 5.92 Å². The second-order valence-electron chi connectivity index (χ2n) is 9.22. The van der Waals surface area contributed by atoms with Gasteiger partial charge >= 0.3 is 0 Å². The van der Waals surface area contributed by atoms with Gasteiger partial charge in [0, 0.05) is 57.4 Å². The molecule has 0 bridgehead atoms. The third kappa shape index (κ3) is 7.06. The number of amides is 1. The summed E-state index contributed by atoms with van der Waals surface area (Å²) in [5.74, 6) is 2.49. The molecular weight excluding hydrogens is 428 g/mol. The molecular formula is C26H38N6O2. The summed E-state index contributed by atoms with van der Waals surface area (Å²) in [5.41, 5.74) is 2.35. The van der Waals surface area contributed by atoms with Gasteiger partial charge in [0.1, 0.15) is 18.0 Å². The Balaban J connectivity index is 1.19. The molecule has 3 heterocycles. The zero-order valence-corrected chi connectivity index (χ0v) is 20.3. The Kier molecular flexibility index (Phi) is 8.96. The van der Waals surface area contributed by atoms with Gasteiger partial charge in [-0.25, -0.2) is 9.97 Å². The van der Waals surface area contributed by atoms with E-state index in [0.29, 0.717) is 18.9 Å². The van der Waals surface area contributed by atoms with Gasteiger partial charge in [-0.15, -0.1) is 0 Å². The summed E-state index contributed by atoms with van der Waals surface area (Å²) in [6.07, 6.45) is 6.47. The van der Waals surface area contributed by atoms with Crippen molar-refractivity contribution >= 4 is 23.2 Å². The zero-order valence-electron chi connectivity index (χ0n) is 20.3. The summed E-state index contributed by atoms with van der Waals surface area (Å²) < 4.78 is 5.42. The van der Waals surface area contributed by atoms with Crippen LogP contribution in [-0.2, 0) is 16.1 Å². The van der Waals surface area contributed by atoms with E-state index in [2.05, 4.69) is 61.6 Å². The molecule has 0 radical (unpaired) electrons. The van der Waals surface area contributed by atoms with Crippen LogP contribution in [0.4, 0.5) is 17.3 Å². The highest BCUT2D eigenvalue weighted by atomic mass is 16.5. The van der Waals surface area contributed by atoms with E-state index < -0.39 is 0 Å².